The third-order valence-electron chi connectivity index (χ3n) is 2.50. The zero-order valence-corrected chi connectivity index (χ0v) is 10.3. The molecule has 0 saturated carbocycles. The van der Waals surface area contributed by atoms with Gasteiger partial charge in [-0.3, -0.25) is 0 Å². The van der Waals surface area contributed by atoms with Crippen molar-refractivity contribution >= 4 is 34.3 Å². The second kappa shape index (κ2) is 4.28. The largest absolute Gasteiger partial charge is 0.476 e. The molecule has 0 atom stereocenters. The predicted octanol–water partition coefficient (Wildman–Crippen LogP) is 0.611. The Kier molecular flexibility index (Phi) is 2.60. The molecule has 3 aromatic rings. The first kappa shape index (κ1) is 11.5. The van der Waals surface area contributed by atoms with Crippen LogP contribution in [-0.2, 0) is 6.54 Å². The molecule has 0 radical (unpaired) electrons. The van der Waals surface area contributed by atoms with E-state index in [1.165, 1.54) is 6.33 Å². The van der Waals surface area contributed by atoms with Crippen LogP contribution < -0.4 is 5.73 Å². The van der Waals surface area contributed by atoms with Gasteiger partial charge in [0.1, 0.15) is 11.8 Å². The highest BCUT2D eigenvalue weighted by Crippen LogP contribution is 2.17. The van der Waals surface area contributed by atoms with Gasteiger partial charge in [0.2, 0.25) is 5.01 Å². The number of nitrogen functional groups attached to an aromatic ring is 1. The van der Waals surface area contributed by atoms with Crippen LogP contribution in [0.15, 0.2) is 18.0 Å². The molecule has 0 aliphatic heterocycles. The molecule has 0 saturated heterocycles. The summed E-state index contributed by atoms with van der Waals surface area (Å²) in [6.45, 7) is 0.386. The molecular weight excluding hydrogens is 268 g/mol. The Hall–Kier alpha value is -2.55. The fourth-order valence-electron chi connectivity index (χ4n) is 1.67. The smallest absolute Gasteiger partial charge is 0.365 e. The number of nitrogens with zero attached hydrogens (tertiary/aromatic N) is 5. The Balaban J connectivity index is 1.96. The molecule has 0 amide bonds. The Morgan fingerprint density at radius 1 is 1.42 bits per heavy atom. The van der Waals surface area contributed by atoms with Crippen LogP contribution in [0, 0.1) is 0 Å². The van der Waals surface area contributed by atoms with Gasteiger partial charge >= 0.3 is 5.97 Å². The SMILES string of the molecule is Nc1ncnc2c1ncn2Cc1csc(C(=O)O)n1. The fourth-order valence-corrected chi connectivity index (χ4v) is 2.31. The summed E-state index contributed by atoms with van der Waals surface area (Å²) >= 11 is 1.09. The van der Waals surface area contributed by atoms with Crippen molar-refractivity contribution in [3.63, 3.8) is 0 Å². The normalized spacial score (nSPS) is 10.9. The van der Waals surface area contributed by atoms with E-state index in [0.29, 0.717) is 29.2 Å². The van der Waals surface area contributed by atoms with Gasteiger partial charge in [-0.2, -0.15) is 0 Å². The number of fused-ring (bicyclic) bond motifs is 1. The number of imidazole rings is 1. The van der Waals surface area contributed by atoms with Crippen molar-refractivity contribution in [1.82, 2.24) is 24.5 Å². The lowest BCUT2D eigenvalue weighted by Gasteiger charge is -2.00. The van der Waals surface area contributed by atoms with Crippen LogP contribution in [0.5, 0.6) is 0 Å². The number of aromatic carboxylic acids is 1. The molecule has 3 N–H and O–H groups in total. The second-order valence-corrected chi connectivity index (χ2v) is 4.61. The number of nitrogens with two attached hydrogens (primary N) is 1. The molecule has 3 rings (SSSR count). The van der Waals surface area contributed by atoms with E-state index in [4.69, 9.17) is 10.8 Å². The maximum atomic E-state index is 10.8. The maximum Gasteiger partial charge on any atom is 0.365 e. The van der Waals surface area contributed by atoms with Gasteiger partial charge in [-0.1, -0.05) is 0 Å². The van der Waals surface area contributed by atoms with Crippen LogP contribution in [-0.4, -0.2) is 35.6 Å². The Morgan fingerprint density at radius 3 is 3.00 bits per heavy atom. The zero-order valence-electron chi connectivity index (χ0n) is 9.52. The van der Waals surface area contributed by atoms with Crippen LogP contribution in [0.1, 0.15) is 15.5 Å². The number of thiazole rings is 1. The molecule has 0 aliphatic rings. The Morgan fingerprint density at radius 2 is 2.26 bits per heavy atom. The minimum Gasteiger partial charge on any atom is -0.476 e. The van der Waals surface area contributed by atoms with Crippen LogP contribution in [0.4, 0.5) is 5.82 Å². The van der Waals surface area contributed by atoms with E-state index in [9.17, 15) is 4.79 Å². The van der Waals surface area contributed by atoms with Gasteiger partial charge in [-0.25, -0.2) is 24.7 Å². The van der Waals surface area contributed by atoms with Gasteiger partial charge in [0.15, 0.2) is 11.5 Å². The highest BCUT2D eigenvalue weighted by atomic mass is 32.1. The number of aromatic nitrogens is 5. The molecule has 8 nitrogen and oxygen atoms in total. The number of carboxylic acid groups (broad SMARTS) is 1. The highest BCUT2D eigenvalue weighted by Gasteiger charge is 2.12. The molecule has 0 aromatic carbocycles. The molecule has 96 valence electrons. The first-order valence-electron chi connectivity index (χ1n) is 5.24. The van der Waals surface area contributed by atoms with Crippen molar-refractivity contribution in [2.45, 2.75) is 6.54 Å². The number of hydrogen-bond donors (Lipinski definition) is 2. The van der Waals surface area contributed by atoms with E-state index in [1.807, 2.05) is 0 Å². The molecule has 3 heterocycles. The summed E-state index contributed by atoms with van der Waals surface area (Å²) in [5.74, 6) is -0.716. The van der Waals surface area contributed by atoms with Crippen LogP contribution >= 0.6 is 11.3 Å². The molecule has 0 bridgehead atoms. The minimum absolute atomic E-state index is 0.0635. The van der Waals surface area contributed by atoms with Crippen molar-refractivity contribution in [1.29, 1.82) is 0 Å². The lowest BCUT2D eigenvalue weighted by Crippen LogP contribution is -2.02. The van der Waals surface area contributed by atoms with E-state index < -0.39 is 5.97 Å². The third kappa shape index (κ3) is 1.99. The Labute approximate surface area is 110 Å². The summed E-state index contributed by atoms with van der Waals surface area (Å²) in [6.07, 6.45) is 2.94. The molecule has 0 fully saturated rings. The highest BCUT2D eigenvalue weighted by molar-refractivity contribution is 7.11. The first-order valence-corrected chi connectivity index (χ1v) is 6.12. The number of carbonyl (C=O) groups is 1. The van der Waals surface area contributed by atoms with Gasteiger partial charge in [-0.05, 0) is 0 Å². The third-order valence-corrected chi connectivity index (χ3v) is 3.38. The fraction of sp³-hybridized carbons (Fsp3) is 0.100. The molecule has 0 unspecified atom stereocenters. The summed E-state index contributed by atoms with van der Waals surface area (Å²) in [4.78, 5) is 26.9. The van der Waals surface area contributed by atoms with Crippen molar-refractivity contribution in [2.24, 2.45) is 0 Å². The first-order chi connectivity index (χ1) is 9.15. The summed E-state index contributed by atoms with van der Waals surface area (Å²) in [5.41, 5.74) is 7.45. The van der Waals surface area contributed by atoms with E-state index >= 15 is 0 Å². The van der Waals surface area contributed by atoms with Crippen LogP contribution in [0.2, 0.25) is 0 Å². The molecular formula is C10H8N6O2S. The molecule has 0 spiro atoms. The maximum absolute atomic E-state index is 10.8. The van der Waals surface area contributed by atoms with Gasteiger partial charge < -0.3 is 15.4 Å². The monoisotopic (exact) mass is 276 g/mol. The quantitative estimate of drug-likeness (QED) is 0.719. The number of hydrogen-bond acceptors (Lipinski definition) is 7. The van der Waals surface area contributed by atoms with E-state index in [-0.39, 0.29) is 5.01 Å². The zero-order chi connectivity index (χ0) is 13.4. The predicted molar refractivity (Wildman–Crippen MR) is 67.9 cm³/mol. The van der Waals surface area contributed by atoms with Gasteiger partial charge in [0, 0.05) is 5.38 Å². The van der Waals surface area contributed by atoms with Crippen molar-refractivity contribution in [3.05, 3.63) is 28.7 Å². The number of carboxylic acids is 1. The van der Waals surface area contributed by atoms with Crippen molar-refractivity contribution < 1.29 is 9.90 Å². The summed E-state index contributed by atoms with van der Waals surface area (Å²) in [6, 6.07) is 0. The number of anilines is 1. The van der Waals surface area contributed by atoms with Gasteiger partial charge in [0.05, 0.1) is 18.6 Å². The van der Waals surface area contributed by atoms with Gasteiger partial charge in [0.25, 0.3) is 0 Å². The Bertz CT molecular complexity index is 764. The van der Waals surface area contributed by atoms with Crippen molar-refractivity contribution in [3.8, 4) is 0 Å². The lowest BCUT2D eigenvalue weighted by atomic mass is 10.4. The average molecular weight is 276 g/mol. The molecule has 19 heavy (non-hydrogen) atoms. The summed E-state index contributed by atoms with van der Waals surface area (Å²) in [7, 11) is 0. The van der Waals surface area contributed by atoms with Crippen LogP contribution in [0.25, 0.3) is 11.2 Å². The van der Waals surface area contributed by atoms with E-state index in [1.54, 1.807) is 16.3 Å². The van der Waals surface area contributed by atoms with E-state index in [2.05, 4.69) is 19.9 Å². The molecule has 9 heteroatoms. The van der Waals surface area contributed by atoms with Gasteiger partial charge in [-0.15, -0.1) is 11.3 Å². The molecule has 3 aromatic heterocycles. The second-order valence-electron chi connectivity index (χ2n) is 3.75. The van der Waals surface area contributed by atoms with E-state index in [0.717, 1.165) is 11.3 Å². The van der Waals surface area contributed by atoms with Crippen LogP contribution in [0.3, 0.4) is 0 Å². The summed E-state index contributed by atoms with van der Waals surface area (Å²) < 4.78 is 1.74. The van der Waals surface area contributed by atoms with Crippen molar-refractivity contribution in [2.75, 3.05) is 5.73 Å². The topological polar surface area (TPSA) is 120 Å². The number of rotatable bonds is 3. The lowest BCUT2D eigenvalue weighted by molar-refractivity contribution is 0.0696. The minimum atomic E-state index is -1.03. The standard InChI is InChI=1S/C10H8N6O2S/c11-7-6-8(13-3-12-7)16(4-14-6)1-5-2-19-9(15-5)10(17)18/h2-4H,1H2,(H,17,18)(H2,11,12,13). The molecule has 0 aliphatic carbocycles. The summed E-state index contributed by atoms with van der Waals surface area (Å²) in [5, 5.41) is 10.6. The average Bonchev–Trinajstić information content (AvgIpc) is 2.98.